The monoisotopic (exact) mass is 222 g/mol. The standard InChI is InChI=1S/C12H22N4/c1-9(8-16-6-4-13-5-7-16)12-10(2)14-15-11(12)3/h9,13H,4-8H2,1-3H3,(H,14,15). The third-order valence-corrected chi connectivity index (χ3v) is 3.42. The Hall–Kier alpha value is -0.870. The zero-order valence-electron chi connectivity index (χ0n) is 10.5. The van der Waals surface area contributed by atoms with Crippen LogP contribution >= 0.6 is 0 Å². The molecular formula is C12H22N4. The maximum atomic E-state index is 4.27. The zero-order chi connectivity index (χ0) is 11.5. The Kier molecular flexibility index (Phi) is 3.61. The van der Waals surface area contributed by atoms with Crippen LogP contribution in [0.3, 0.4) is 0 Å². The Labute approximate surface area is 97.4 Å². The fourth-order valence-corrected chi connectivity index (χ4v) is 2.66. The van der Waals surface area contributed by atoms with Crippen molar-refractivity contribution >= 4 is 0 Å². The van der Waals surface area contributed by atoms with E-state index in [9.17, 15) is 0 Å². The Morgan fingerprint density at radius 1 is 1.31 bits per heavy atom. The van der Waals surface area contributed by atoms with Gasteiger partial charge >= 0.3 is 0 Å². The number of nitrogens with one attached hydrogen (secondary N) is 2. The molecule has 0 bridgehead atoms. The second kappa shape index (κ2) is 4.97. The molecule has 0 aromatic carbocycles. The highest BCUT2D eigenvalue weighted by molar-refractivity contribution is 5.27. The van der Waals surface area contributed by atoms with Crippen molar-refractivity contribution in [3.8, 4) is 0 Å². The van der Waals surface area contributed by atoms with Crippen molar-refractivity contribution in [2.45, 2.75) is 26.7 Å². The summed E-state index contributed by atoms with van der Waals surface area (Å²) in [6.07, 6.45) is 0. The van der Waals surface area contributed by atoms with Crippen molar-refractivity contribution in [2.75, 3.05) is 32.7 Å². The van der Waals surface area contributed by atoms with Crippen molar-refractivity contribution in [2.24, 2.45) is 0 Å². The third-order valence-electron chi connectivity index (χ3n) is 3.42. The number of rotatable bonds is 3. The highest BCUT2D eigenvalue weighted by atomic mass is 15.2. The van der Waals surface area contributed by atoms with Gasteiger partial charge in [0.15, 0.2) is 0 Å². The average Bonchev–Trinajstić information content (AvgIpc) is 2.60. The molecule has 1 atom stereocenters. The van der Waals surface area contributed by atoms with Gasteiger partial charge < -0.3 is 10.2 Å². The molecule has 2 heterocycles. The van der Waals surface area contributed by atoms with Crippen LogP contribution in [0.25, 0.3) is 0 Å². The fourth-order valence-electron chi connectivity index (χ4n) is 2.66. The Bertz CT molecular complexity index is 319. The molecule has 0 spiro atoms. The predicted molar refractivity (Wildman–Crippen MR) is 65.8 cm³/mol. The van der Waals surface area contributed by atoms with Crippen LogP contribution in [0.5, 0.6) is 0 Å². The zero-order valence-corrected chi connectivity index (χ0v) is 10.5. The normalized spacial score (nSPS) is 19.9. The summed E-state index contributed by atoms with van der Waals surface area (Å²) in [5.74, 6) is 0.567. The van der Waals surface area contributed by atoms with Crippen LogP contribution in [-0.2, 0) is 0 Å². The van der Waals surface area contributed by atoms with Crippen LogP contribution in [0.1, 0.15) is 29.8 Å². The van der Waals surface area contributed by atoms with Crippen LogP contribution < -0.4 is 5.32 Å². The molecular weight excluding hydrogens is 200 g/mol. The van der Waals surface area contributed by atoms with E-state index in [2.05, 4.69) is 41.2 Å². The molecule has 4 heteroatoms. The van der Waals surface area contributed by atoms with Gasteiger partial charge in [0.1, 0.15) is 0 Å². The molecule has 90 valence electrons. The maximum absolute atomic E-state index is 4.27. The van der Waals surface area contributed by atoms with Gasteiger partial charge in [-0.25, -0.2) is 0 Å². The molecule has 1 saturated heterocycles. The van der Waals surface area contributed by atoms with Crippen molar-refractivity contribution < 1.29 is 0 Å². The number of aromatic nitrogens is 2. The molecule has 0 saturated carbocycles. The van der Waals surface area contributed by atoms with Gasteiger partial charge in [-0.05, 0) is 25.3 Å². The largest absolute Gasteiger partial charge is 0.314 e. The average molecular weight is 222 g/mol. The summed E-state index contributed by atoms with van der Waals surface area (Å²) in [7, 11) is 0. The van der Waals surface area contributed by atoms with Crippen LogP contribution in [-0.4, -0.2) is 47.8 Å². The van der Waals surface area contributed by atoms with Crippen molar-refractivity contribution in [1.29, 1.82) is 0 Å². The summed E-state index contributed by atoms with van der Waals surface area (Å²) < 4.78 is 0. The minimum atomic E-state index is 0.567. The van der Waals surface area contributed by atoms with E-state index in [-0.39, 0.29) is 0 Å². The molecule has 2 rings (SSSR count). The number of piperazine rings is 1. The molecule has 0 radical (unpaired) electrons. The van der Waals surface area contributed by atoms with Crippen LogP contribution in [0, 0.1) is 13.8 Å². The maximum Gasteiger partial charge on any atom is 0.0629 e. The van der Waals surface area contributed by atoms with Crippen molar-refractivity contribution in [3.05, 3.63) is 17.0 Å². The van der Waals surface area contributed by atoms with E-state index < -0.39 is 0 Å². The van der Waals surface area contributed by atoms with Gasteiger partial charge in [0.05, 0.1) is 5.69 Å². The predicted octanol–water partition coefficient (Wildman–Crippen LogP) is 1.04. The lowest BCUT2D eigenvalue weighted by atomic mass is 9.98. The minimum Gasteiger partial charge on any atom is -0.314 e. The lowest BCUT2D eigenvalue weighted by Gasteiger charge is -2.29. The summed E-state index contributed by atoms with van der Waals surface area (Å²) in [6, 6.07) is 0. The van der Waals surface area contributed by atoms with E-state index in [0.29, 0.717) is 5.92 Å². The van der Waals surface area contributed by atoms with Gasteiger partial charge in [-0.15, -0.1) is 0 Å². The van der Waals surface area contributed by atoms with Gasteiger partial charge in [0.2, 0.25) is 0 Å². The molecule has 2 N–H and O–H groups in total. The summed E-state index contributed by atoms with van der Waals surface area (Å²) in [5.41, 5.74) is 3.78. The Morgan fingerprint density at radius 3 is 2.56 bits per heavy atom. The molecule has 1 aromatic heterocycles. The van der Waals surface area contributed by atoms with E-state index in [0.717, 1.165) is 25.3 Å². The van der Waals surface area contributed by atoms with Crippen molar-refractivity contribution in [1.82, 2.24) is 20.4 Å². The number of nitrogens with zero attached hydrogens (tertiary/aromatic N) is 2. The Balaban J connectivity index is 1.99. The number of aromatic amines is 1. The van der Waals surface area contributed by atoms with Crippen molar-refractivity contribution in [3.63, 3.8) is 0 Å². The fraction of sp³-hybridized carbons (Fsp3) is 0.750. The number of H-pyrrole nitrogens is 1. The van der Waals surface area contributed by atoms with Gasteiger partial charge in [-0.2, -0.15) is 5.10 Å². The summed E-state index contributed by atoms with van der Waals surface area (Å²) >= 11 is 0. The van der Waals surface area contributed by atoms with Gasteiger partial charge in [-0.3, -0.25) is 5.10 Å². The highest BCUT2D eigenvalue weighted by Crippen LogP contribution is 2.22. The lowest BCUT2D eigenvalue weighted by Crippen LogP contribution is -2.44. The molecule has 4 nitrogen and oxygen atoms in total. The molecule has 1 unspecified atom stereocenters. The summed E-state index contributed by atoms with van der Waals surface area (Å²) in [5, 5.41) is 10.7. The first-order valence-corrected chi connectivity index (χ1v) is 6.13. The van der Waals surface area contributed by atoms with Crippen LogP contribution in [0.2, 0.25) is 0 Å². The Morgan fingerprint density at radius 2 is 2.00 bits per heavy atom. The molecule has 1 fully saturated rings. The van der Waals surface area contributed by atoms with Crippen LogP contribution in [0.4, 0.5) is 0 Å². The SMILES string of the molecule is Cc1n[nH]c(C)c1C(C)CN1CCNCC1. The first-order chi connectivity index (χ1) is 7.68. The number of hydrogen-bond donors (Lipinski definition) is 2. The number of aryl methyl sites for hydroxylation is 2. The molecule has 0 aliphatic carbocycles. The minimum absolute atomic E-state index is 0.567. The summed E-state index contributed by atoms with van der Waals surface area (Å²) in [4.78, 5) is 2.53. The molecule has 1 aliphatic heterocycles. The van der Waals surface area contributed by atoms with Crippen LogP contribution in [0.15, 0.2) is 0 Å². The second-order valence-corrected chi connectivity index (χ2v) is 4.80. The molecule has 1 aromatic rings. The van der Waals surface area contributed by atoms with E-state index in [1.54, 1.807) is 0 Å². The second-order valence-electron chi connectivity index (χ2n) is 4.80. The highest BCUT2D eigenvalue weighted by Gasteiger charge is 2.18. The lowest BCUT2D eigenvalue weighted by molar-refractivity contribution is 0.230. The van der Waals surface area contributed by atoms with E-state index in [4.69, 9.17) is 0 Å². The first-order valence-electron chi connectivity index (χ1n) is 6.13. The topological polar surface area (TPSA) is 44.0 Å². The van der Waals surface area contributed by atoms with Gasteiger partial charge in [0, 0.05) is 38.4 Å². The molecule has 16 heavy (non-hydrogen) atoms. The van der Waals surface area contributed by atoms with E-state index in [1.165, 1.54) is 24.3 Å². The van der Waals surface area contributed by atoms with E-state index >= 15 is 0 Å². The summed E-state index contributed by atoms with van der Waals surface area (Å²) in [6.45, 7) is 12.2. The smallest absolute Gasteiger partial charge is 0.0629 e. The number of hydrogen-bond acceptors (Lipinski definition) is 3. The van der Waals surface area contributed by atoms with Gasteiger partial charge in [-0.1, -0.05) is 6.92 Å². The third kappa shape index (κ3) is 2.44. The van der Waals surface area contributed by atoms with Gasteiger partial charge in [0.25, 0.3) is 0 Å². The first kappa shape index (κ1) is 11.6. The molecule has 0 amide bonds. The molecule has 1 aliphatic rings. The van der Waals surface area contributed by atoms with E-state index in [1.807, 2.05) is 0 Å². The quantitative estimate of drug-likeness (QED) is 0.803.